The first kappa shape index (κ1) is 12.2. The Kier molecular flexibility index (Phi) is 3.23. The van der Waals surface area contributed by atoms with Crippen LogP contribution < -0.4 is 10.6 Å². The fourth-order valence-corrected chi connectivity index (χ4v) is 2.37. The van der Waals surface area contributed by atoms with Crippen molar-refractivity contribution >= 4 is 22.6 Å². The van der Waals surface area contributed by atoms with Crippen LogP contribution in [0.1, 0.15) is 0 Å². The molecule has 0 aliphatic carbocycles. The lowest BCUT2D eigenvalue weighted by Crippen LogP contribution is -2.54. The molecule has 2 heterocycles. The molecule has 5 nitrogen and oxygen atoms in total. The summed E-state index contributed by atoms with van der Waals surface area (Å²) in [5.41, 5.74) is 1.52. The zero-order valence-electron chi connectivity index (χ0n) is 10.8. The van der Waals surface area contributed by atoms with Gasteiger partial charge in [0, 0.05) is 25.0 Å². The normalized spacial score (nSPS) is 20.6. The zero-order chi connectivity index (χ0) is 13.2. The Morgan fingerprint density at radius 3 is 3.16 bits per heavy atom. The number of furan rings is 1. The van der Waals surface area contributed by atoms with Crippen molar-refractivity contribution in [1.82, 2.24) is 10.2 Å². The fraction of sp³-hybridized carbons (Fsp3) is 0.357. The minimum atomic E-state index is -0.174. The Morgan fingerprint density at radius 1 is 1.47 bits per heavy atom. The molecule has 1 aromatic heterocycles. The van der Waals surface area contributed by atoms with Crippen LogP contribution in [0.2, 0.25) is 0 Å². The number of hydrogen-bond donors (Lipinski definition) is 2. The van der Waals surface area contributed by atoms with E-state index < -0.39 is 0 Å². The van der Waals surface area contributed by atoms with Crippen LogP contribution in [0, 0.1) is 0 Å². The molecular formula is C14H17N3O2. The maximum absolute atomic E-state index is 12.2. The summed E-state index contributed by atoms with van der Waals surface area (Å²) >= 11 is 0. The highest BCUT2D eigenvalue weighted by Crippen LogP contribution is 2.25. The molecule has 1 aliphatic heterocycles. The molecule has 1 fully saturated rings. The first-order chi connectivity index (χ1) is 9.24. The van der Waals surface area contributed by atoms with Crippen molar-refractivity contribution in [1.29, 1.82) is 0 Å². The summed E-state index contributed by atoms with van der Waals surface area (Å²) in [7, 11) is 2.02. The molecule has 100 valence electrons. The Bertz CT molecular complexity index is 593. The van der Waals surface area contributed by atoms with Crippen LogP contribution in [0.4, 0.5) is 5.69 Å². The molecule has 1 unspecified atom stereocenters. The predicted molar refractivity (Wildman–Crippen MR) is 74.1 cm³/mol. The van der Waals surface area contributed by atoms with E-state index in [2.05, 4.69) is 15.5 Å². The second-order valence-electron chi connectivity index (χ2n) is 4.90. The average molecular weight is 259 g/mol. The standard InChI is InChI=1S/C14H17N3O2/c1-17-7-6-15-11(8-17)14(18)16-12-9-19-13-5-3-2-4-10(12)13/h2-5,9,11,15H,6-8H2,1H3,(H,16,18). The molecule has 0 saturated carbocycles. The van der Waals surface area contributed by atoms with Crippen LogP contribution in [-0.4, -0.2) is 43.5 Å². The van der Waals surface area contributed by atoms with Crippen LogP contribution in [-0.2, 0) is 4.79 Å². The van der Waals surface area contributed by atoms with Gasteiger partial charge in [-0.15, -0.1) is 0 Å². The van der Waals surface area contributed by atoms with Gasteiger partial charge in [-0.25, -0.2) is 0 Å². The SMILES string of the molecule is CN1CCNC(C(=O)Nc2coc3ccccc23)C1. The third-order valence-electron chi connectivity index (χ3n) is 3.43. The van der Waals surface area contributed by atoms with E-state index in [0.717, 1.165) is 36.3 Å². The van der Waals surface area contributed by atoms with E-state index in [1.54, 1.807) is 6.26 Å². The van der Waals surface area contributed by atoms with Gasteiger partial charge in [0.1, 0.15) is 11.8 Å². The number of nitrogens with zero attached hydrogens (tertiary/aromatic N) is 1. The average Bonchev–Trinajstić information content (AvgIpc) is 2.82. The molecule has 19 heavy (non-hydrogen) atoms. The van der Waals surface area contributed by atoms with Gasteiger partial charge in [0.25, 0.3) is 0 Å². The Morgan fingerprint density at radius 2 is 2.32 bits per heavy atom. The smallest absolute Gasteiger partial charge is 0.242 e. The van der Waals surface area contributed by atoms with E-state index in [1.807, 2.05) is 31.3 Å². The van der Waals surface area contributed by atoms with Crippen molar-refractivity contribution in [3.05, 3.63) is 30.5 Å². The van der Waals surface area contributed by atoms with E-state index in [0.29, 0.717) is 0 Å². The van der Waals surface area contributed by atoms with E-state index in [9.17, 15) is 4.79 Å². The lowest BCUT2D eigenvalue weighted by Gasteiger charge is -2.29. The first-order valence-electron chi connectivity index (χ1n) is 6.43. The predicted octanol–water partition coefficient (Wildman–Crippen LogP) is 1.27. The maximum Gasteiger partial charge on any atom is 0.242 e. The number of rotatable bonds is 2. The minimum absolute atomic E-state index is 0.0156. The fourth-order valence-electron chi connectivity index (χ4n) is 2.37. The summed E-state index contributed by atoms with van der Waals surface area (Å²) in [6, 6.07) is 7.49. The lowest BCUT2D eigenvalue weighted by atomic mass is 10.2. The zero-order valence-corrected chi connectivity index (χ0v) is 10.8. The van der Waals surface area contributed by atoms with Gasteiger partial charge in [-0.05, 0) is 19.2 Å². The number of benzene rings is 1. The van der Waals surface area contributed by atoms with Gasteiger partial charge in [-0.3, -0.25) is 4.79 Å². The number of fused-ring (bicyclic) bond motifs is 1. The Hall–Kier alpha value is -1.85. The third kappa shape index (κ3) is 2.47. The van der Waals surface area contributed by atoms with Crippen molar-refractivity contribution in [3.8, 4) is 0 Å². The van der Waals surface area contributed by atoms with Crippen LogP contribution >= 0.6 is 0 Å². The van der Waals surface area contributed by atoms with Gasteiger partial charge in [-0.2, -0.15) is 0 Å². The third-order valence-corrected chi connectivity index (χ3v) is 3.43. The van der Waals surface area contributed by atoms with Crippen molar-refractivity contribution in [3.63, 3.8) is 0 Å². The number of hydrogen-bond acceptors (Lipinski definition) is 4. The van der Waals surface area contributed by atoms with Crippen molar-refractivity contribution in [2.45, 2.75) is 6.04 Å². The molecule has 0 radical (unpaired) electrons. The number of anilines is 1. The Labute approximate surface area is 111 Å². The number of piperazine rings is 1. The highest BCUT2D eigenvalue weighted by atomic mass is 16.3. The molecule has 2 N–H and O–H groups in total. The molecule has 2 aromatic rings. The van der Waals surface area contributed by atoms with E-state index >= 15 is 0 Å². The second kappa shape index (κ2) is 5.03. The number of nitrogens with one attached hydrogen (secondary N) is 2. The van der Waals surface area contributed by atoms with Gasteiger partial charge >= 0.3 is 0 Å². The number of likely N-dealkylation sites (N-methyl/N-ethyl adjacent to an activating group) is 1. The monoisotopic (exact) mass is 259 g/mol. The lowest BCUT2D eigenvalue weighted by molar-refractivity contribution is -0.119. The molecule has 0 bridgehead atoms. The van der Waals surface area contributed by atoms with Gasteiger partial charge < -0.3 is 20.0 Å². The number of para-hydroxylation sites is 1. The first-order valence-corrected chi connectivity index (χ1v) is 6.43. The summed E-state index contributed by atoms with van der Waals surface area (Å²) in [5, 5.41) is 7.09. The molecule has 3 rings (SSSR count). The maximum atomic E-state index is 12.2. The van der Waals surface area contributed by atoms with Gasteiger partial charge in [0.05, 0.1) is 11.7 Å². The van der Waals surface area contributed by atoms with Crippen LogP contribution in [0.15, 0.2) is 34.9 Å². The number of carbonyl (C=O) groups is 1. The quantitative estimate of drug-likeness (QED) is 0.853. The topological polar surface area (TPSA) is 57.5 Å². The molecule has 5 heteroatoms. The minimum Gasteiger partial charge on any atom is -0.462 e. The second-order valence-corrected chi connectivity index (χ2v) is 4.90. The summed E-state index contributed by atoms with van der Waals surface area (Å²) in [4.78, 5) is 14.4. The number of carbonyl (C=O) groups excluding carboxylic acids is 1. The molecule has 1 aromatic carbocycles. The van der Waals surface area contributed by atoms with E-state index in [1.165, 1.54) is 0 Å². The molecule has 1 amide bonds. The highest BCUT2D eigenvalue weighted by Gasteiger charge is 2.24. The van der Waals surface area contributed by atoms with E-state index in [4.69, 9.17) is 4.42 Å². The molecule has 1 atom stereocenters. The summed E-state index contributed by atoms with van der Waals surface area (Å²) in [5.74, 6) is -0.0156. The van der Waals surface area contributed by atoms with Crippen molar-refractivity contribution in [2.75, 3.05) is 32.0 Å². The van der Waals surface area contributed by atoms with Crippen LogP contribution in [0.3, 0.4) is 0 Å². The van der Waals surface area contributed by atoms with Gasteiger partial charge in [0.2, 0.25) is 5.91 Å². The molecule has 1 saturated heterocycles. The summed E-state index contributed by atoms with van der Waals surface area (Å²) in [6.07, 6.45) is 1.59. The summed E-state index contributed by atoms with van der Waals surface area (Å²) in [6.45, 7) is 2.53. The van der Waals surface area contributed by atoms with Crippen molar-refractivity contribution < 1.29 is 9.21 Å². The van der Waals surface area contributed by atoms with Crippen LogP contribution in [0.25, 0.3) is 11.0 Å². The van der Waals surface area contributed by atoms with Gasteiger partial charge in [0.15, 0.2) is 0 Å². The Balaban J connectivity index is 1.75. The number of amides is 1. The highest BCUT2D eigenvalue weighted by molar-refractivity contribution is 6.02. The molecule has 1 aliphatic rings. The van der Waals surface area contributed by atoms with Crippen LogP contribution in [0.5, 0.6) is 0 Å². The summed E-state index contributed by atoms with van der Waals surface area (Å²) < 4.78 is 5.41. The molecular weight excluding hydrogens is 242 g/mol. The molecule has 0 spiro atoms. The van der Waals surface area contributed by atoms with Gasteiger partial charge in [-0.1, -0.05) is 12.1 Å². The van der Waals surface area contributed by atoms with Crippen molar-refractivity contribution in [2.24, 2.45) is 0 Å². The van der Waals surface area contributed by atoms with E-state index in [-0.39, 0.29) is 11.9 Å². The largest absolute Gasteiger partial charge is 0.462 e.